The zero-order chi connectivity index (χ0) is 19.5. The number of fused-ring (bicyclic) bond motifs is 1. The van der Waals surface area contributed by atoms with E-state index in [-0.39, 0.29) is 12.1 Å². The molecular formula is C18H21N7O2S. The molecule has 1 atom stereocenters. The second-order valence-electron chi connectivity index (χ2n) is 6.41. The Morgan fingerprint density at radius 1 is 1.39 bits per heavy atom. The molecule has 0 bridgehead atoms. The number of aryl methyl sites for hydroxylation is 2. The lowest BCUT2D eigenvalue weighted by molar-refractivity contribution is 0.244. The molecule has 3 aromatic rings. The van der Waals surface area contributed by atoms with Crippen LogP contribution < -0.4 is 15.4 Å². The molecule has 28 heavy (non-hydrogen) atoms. The molecule has 0 saturated carbocycles. The van der Waals surface area contributed by atoms with Crippen LogP contribution in [0.4, 0.5) is 9.93 Å². The van der Waals surface area contributed by atoms with E-state index < -0.39 is 0 Å². The van der Waals surface area contributed by atoms with Gasteiger partial charge in [-0.25, -0.2) is 14.5 Å². The Labute approximate surface area is 166 Å². The predicted molar refractivity (Wildman–Crippen MR) is 105 cm³/mol. The van der Waals surface area contributed by atoms with Gasteiger partial charge in [0, 0.05) is 30.1 Å². The van der Waals surface area contributed by atoms with Gasteiger partial charge in [0.2, 0.25) is 5.13 Å². The topological polar surface area (TPSA) is 107 Å². The Hall–Kier alpha value is -3.01. The summed E-state index contributed by atoms with van der Waals surface area (Å²) in [5.41, 5.74) is 0.830. The number of ether oxygens (including phenoxy) is 1. The molecule has 146 valence electrons. The molecule has 0 saturated heterocycles. The Bertz CT molecular complexity index is 984. The second kappa shape index (κ2) is 7.93. The highest BCUT2D eigenvalue weighted by Crippen LogP contribution is 2.26. The molecule has 2 N–H and O–H groups in total. The van der Waals surface area contributed by atoms with Crippen LogP contribution in [0.15, 0.2) is 24.3 Å². The Kier molecular flexibility index (Phi) is 5.20. The van der Waals surface area contributed by atoms with Gasteiger partial charge in [0.05, 0.1) is 13.2 Å². The minimum Gasteiger partial charge on any atom is -0.497 e. The zero-order valence-corrected chi connectivity index (χ0v) is 16.5. The third-order valence-corrected chi connectivity index (χ3v) is 5.15. The number of nitrogens with one attached hydrogen (secondary N) is 2. The minimum absolute atomic E-state index is 0.160. The molecule has 1 aliphatic heterocycles. The first-order valence-electron chi connectivity index (χ1n) is 9.15. The minimum atomic E-state index is -0.326. The highest BCUT2D eigenvalue weighted by atomic mass is 32.1. The number of anilines is 1. The number of hydrogen-bond acceptors (Lipinski definition) is 7. The van der Waals surface area contributed by atoms with Crippen molar-refractivity contribution < 1.29 is 9.53 Å². The van der Waals surface area contributed by atoms with E-state index in [4.69, 9.17) is 4.74 Å². The van der Waals surface area contributed by atoms with Gasteiger partial charge in [0.25, 0.3) is 0 Å². The number of carbonyl (C=O) groups is 1. The molecule has 2 amide bonds. The van der Waals surface area contributed by atoms with Crippen molar-refractivity contribution in [1.82, 2.24) is 29.4 Å². The van der Waals surface area contributed by atoms with Gasteiger partial charge in [-0.15, -0.1) is 0 Å². The lowest BCUT2D eigenvalue weighted by Gasteiger charge is -2.22. The van der Waals surface area contributed by atoms with Crippen LogP contribution in [-0.4, -0.2) is 37.3 Å². The molecule has 0 aliphatic carbocycles. The monoisotopic (exact) mass is 399 g/mol. The fraction of sp³-hybridized carbons (Fsp3) is 0.389. The van der Waals surface area contributed by atoms with E-state index in [9.17, 15) is 4.79 Å². The van der Waals surface area contributed by atoms with Gasteiger partial charge >= 0.3 is 6.03 Å². The van der Waals surface area contributed by atoms with Crippen molar-refractivity contribution in [2.24, 2.45) is 0 Å². The summed E-state index contributed by atoms with van der Waals surface area (Å²) < 4.78 is 11.4. The number of benzene rings is 1. The molecule has 9 nitrogen and oxygen atoms in total. The maximum absolute atomic E-state index is 12.5. The lowest BCUT2D eigenvalue weighted by Crippen LogP contribution is -2.36. The highest BCUT2D eigenvalue weighted by Gasteiger charge is 2.25. The Morgan fingerprint density at radius 3 is 3.11 bits per heavy atom. The third-order valence-electron chi connectivity index (χ3n) is 4.51. The summed E-state index contributed by atoms with van der Waals surface area (Å²) in [5, 5.41) is 10.6. The molecule has 3 heterocycles. The summed E-state index contributed by atoms with van der Waals surface area (Å²) in [7, 11) is 1.61. The molecule has 2 aromatic heterocycles. The van der Waals surface area contributed by atoms with E-state index >= 15 is 0 Å². The first-order valence-corrected chi connectivity index (χ1v) is 9.93. The van der Waals surface area contributed by atoms with E-state index in [0.29, 0.717) is 11.0 Å². The SMILES string of the molecule is CCc1nc2n(n1)CCCC2NC(=O)Nc1nc(-c2cccc(OC)c2)ns1. The van der Waals surface area contributed by atoms with E-state index in [1.807, 2.05) is 35.9 Å². The second-order valence-corrected chi connectivity index (χ2v) is 7.16. The quantitative estimate of drug-likeness (QED) is 0.683. The number of carbonyl (C=O) groups excluding carboxylic acids is 1. The average molecular weight is 399 g/mol. The fourth-order valence-corrected chi connectivity index (χ4v) is 3.72. The normalized spacial score (nSPS) is 15.7. The molecule has 1 aliphatic rings. The number of methoxy groups -OCH3 is 1. The van der Waals surface area contributed by atoms with Crippen molar-refractivity contribution in [2.75, 3.05) is 12.4 Å². The van der Waals surface area contributed by atoms with Gasteiger partial charge in [0.1, 0.15) is 11.6 Å². The number of nitrogens with zero attached hydrogens (tertiary/aromatic N) is 5. The predicted octanol–water partition coefficient (Wildman–Crippen LogP) is 3.02. The summed E-state index contributed by atoms with van der Waals surface area (Å²) in [5.74, 6) is 2.89. The fourth-order valence-electron chi connectivity index (χ4n) is 3.13. The number of aromatic nitrogens is 5. The van der Waals surface area contributed by atoms with Crippen LogP contribution in [0.1, 0.15) is 37.5 Å². The van der Waals surface area contributed by atoms with Gasteiger partial charge in [0.15, 0.2) is 11.6 Å². The smallest absolute Gasteiger partial charge is 0.321 e. The maximum Gasteiger partial charge on any atom is 0.321 e. The zero-order valence-electron chi connectivity index (χ0n) is 15.7. The molecule has 1 unspecified atom stereocenters. The van der Waals surface area contributed by atoms with E-state index in [0.717, 1.165) is 60.3 Å². The van der Waals surface area contributed by atoms with Crippen molar-refractivity contribution in [3.05, 3.63) is 35.9 Å². The molecule has 1 aromatic carbocycles. The van der Waals surface area contributed by atoms with Crippen LogP contribution in [-0.2, 0) is 13.0 Å². The lowest BCUT2D eigenvalue weighted by atomic mass is 10.1. The number of hydrogen-bond donors (Lipinski definition) is 2. The molecule has 0 spiro atoms. The maximum atomic E-state index is 12.5. The number of rotatable bonds is 5. The molecule has 10 heteroatoms. The molecule has 0 fully saturated rings. The van der Waals surface area contributed by atoms with Crippen molar-refractivity contribution >= 4 is 22.7 Å². The standard InChI is InChI=1S/C18H21N7O2S/c1-3-14-20-16-13(8-5-9-25(16)23-14)19-17(26)22-18-21-15(24-28-18)11-6-4-7-12(10-11)27-2/h4,6-7,10,13H,3,5,8-9H2,1-2H3,(H2,19,21,22,24,26). The molecular weight excluding hydrogens is 378 g/mol. The van der Waals surface area contributed by atoms with Crippen LogP contribution >= 0.6 is 11.5 Å². The van der Waals surface area contributed by atoms with Gasteiger partial charge in [-0.1, -0.05) is 19.1 Å². The summed E-state index contributed by atoms with van der Waals surface area (Å²) in [4.78, 5) is 21.4. The van der Waals surface area contributed by atoms with Crippen LogP contribution in [0.25, 0.3) is 11.4 Å². The molecule has 4 rings (SSSR count). The third kappa shape index (κ3) is 3.81. The van der Waals surface area contributed by atoms with Crippen LogP contribution in [0.2, 0.25) is 0 Å². The van der Waals surface area contributed by atoms with E-state index in [1.165, 1.54) is 0 Å². The van der Waals surface area contributed by atoms with E-state index in [2.05, 4.69) is 30.1 Å². The summed E-state index contributed by atoms with van der Waals surface area (Å²) in [6.45, 7) is 2.86. The van der Waals surface area contributed by atoms with Crippen molar-refractivity contribution in [1.29, 1.82) is 0 Å². The average Bonchev–Trinajstić information content (AvgIpc) is 3.35. The first-order chi connectivity index (χ1) is 13.7. The summed E-state index contributed by atoms with van der Waals surface area (Å²) in [6.07, 6.45) is 2.56. The van der Waals surface area contributed by atoms with Gasteiger partial charge in [-0.05, 0) is 25.0 Å². The van der Waals surface area contributed by atoms with Crippen molar-refractivity contribution in [3.8, 4) is 17.1 Å². The number of urea groups is 1. The summed E-state index contributed by atoms with van der Waals surface area (Å²) >= 11 is 1.13. The first kappa shape index (κ1) is 18.4. The molecule has 0 radical (unpaired) electrons. The number of amides is 2. The Morgan fingerprint density at radius 2 is 2.29 bits per heavy atom. The van der Waals surface area contributed by atoms with Crippen molar-refractivity contribution in [2.45, 2.75) is 38.8 Å². The summed E-state index contributed by atoms with van der Waals surface area (Å²) in [6, 6.07) is 6.99. The van der Waals surface area contributed by atoms with Crippen LogP contribution in [0, 0.1) is 0 Å². The van der Waals surface area contributed by atoms with Gasteiger partial charge in [-0.3, -0.25) is 5.32 Å². The van der Waals surface area contributed by atoms with Crippen LogP contribution in [0.3, 0.4) is 0 Å². The van der Waals surface area contributed by atoms with Gasteiger partial charge < -0.3 is 10.1 Å². The largest absolute Gasteiger partial charge is 0.497 e. The Balaban J connectivity index is 1.42. The van der Waals surface area contributed by atoms with E-state index in [1.54, 1.807) is 7.11 Å². The highest BCUT2D eigenvalue weighted by molar-refractivity contribution is 7.10. The van der Waals surface area contributed by atoms with Crippen LogP contribution in [0.5, 0.6) is 5.75 Å². The van der Waals surface area contributed by atoms with Gasteiger partial charge in [-0.2, -0.15) is 14.5 Å². The van der Waals surface area contributed by atoms with Crippen molar-refractivity contribution in [3.63, 3.8) is 0 Å².